The van der Waals surface area contributed by atoms with Crippen molar-refractivity contribution in [2.75, 3.05) is 0 Å². The Bertz CT molecular complexity index is 545. The summed E-state index contributed by atoms with van der Waals surface area (Å²) >= 11 is 0. The van der Waals surface area contributed by atoms with Crippen LogP contribution in [0.1, 0.15) is 31.0 Å². The topological polar surface area (TPSA) is 45.2 Å². The summed E-state index contributed by atoms with van der Waals surface area (Å²) in [5, 5.41) is 14.1. The Kier molecular flexibility index (Phi) is 6.10. The van der Waals surface area contributed by atoms with E-state index < -0.39 is 6.10 Å². The molecule has 0 aromatic carbocycles. The summed E-state index contributed by atoms with van der Waals surface area (Å²) in [5.74, 6) is 0. The quantitative estimate of drug-likeness (QED) is 0.793. The standard InChI is InChI=1S/C19H26N2O/c1-4-6-7-16(5-2)19(22)18-11-10-17(21-18)12-15-9-8-14(3)20-13-15/h4-9,13,17-19,21-22H,1,10-12H2,2-3H3/b7-6-,16-5+. The molecule has 2 rings (SSSR count). The first kappa shape index (κ1) is 16.7. The number of rotatable bonds is 6. The second-order valence-corrected chi connectivity index (χ2v) is 5.89. The fourth-order valence-electron chi connectivity index (χ4n) is 2.94. The fraction of sp³-hybridized carbons (Fsp3) is 0.421. The number of hydrogen-bond acceptors (Lipinski definition) is 3. The zero-order chi connectivity index (χ0) is 15.9. The third-order valence-corrected chi connectivity index (χ3v) is 4.21. The molecule has 0 bridgehead atoms. The summed E-state index contributed by atoms with van der Waals surface area (Å²) < 4.78 is 0. The van der Waals surface area contributed by atoms with Crippen LogP contribution in [-0.2, 0) is 6.42 Å². The van der Waals surface area contributed by atoms with Crippen LogP contribution in [0.3, 0.4) is 0 Å². The van der Waals surface area contributed by atoms with E-state index in [9.17, 15) is 5.11 Å². The van der Waals surface area contributed by atoms with Crippen molar-refractivity contribution in [2.24, 2.45) is 0 Å². The first-order valence-electron chi connectivity index (χ1n) is 7.95. The molecule has 3 atom stereocenters. The molecule has 1 saturated heterocycles. The molecule has 3 unspecified atom stereocenters. The van der Waals surface area contributed by atoms with Crippen LogP contribution in [0.15, 0.2) is 54.8 Å². The van der Waals surface area contributed by atoms with Gasteiger partial charge in [0.05, 0.1) is 6.10 Å². The summed E-state index contributed by atoms with van der Waals surface area (Å²) in [5.41, 5.74) is 3.23. The third kappa shape index (κ3) is 4.39. The smallest absolute Gasteiger partial charge is 0.0939 e. The van der Waals surface area contributed by atoms with Crippen molar-refractivity contribution in [3.63, 3.8) is 0 Å². The maximum absolute atomic E-state index is 10.5. The minimum absolute atomic E-state index is 0.115. The molecule has 3 nitrogen and oxygen atoms in total. The summed E-state index contributed by atoms with van der Waals surface area (Å²) in [4.78, 5) is 4.35. The number of allylic oxidation sites excluding steroid dienone is 3. The normalized spacial score (nSPS) is 23.9. The molecule has 1 aliphatic heterocycles. The van der Waals surface area contributed by atoms with Gasteiger partial charge >= 0.3 is 0 Å². The molecule has 0 amide bonds. The Morgan fingerprint density at radius 2 is 2.32 bits per heavy atom. The lowest BCUT2D eigenvalue weighted by Gasteiger charge is -2.21. The molecule has 0 aliphatic carbocycles. The van der Waals surface area contributed by atoms with Crippen molar-refractivity contribution < 1.29 is 5.11 Å². The molecular weight excluding hydrogens is 272 g/mol. The molecule has 3 heteroatoms. The van der Waals surface area contributed by atoms with Crippen molar-refractivity contribution in [1.29, 1.82) is 0 Å². The van der Waals surface area contributed by atoms with Gasteiger partial charge in [-0.15, -0.1) is 0 Å². The molecule has 0 spiro atoms. The van der Waals surface area contributed by atoms with E-state index in [-0.39, 0.29) is 6.04 Å². The Balaban J connectivity index is 1.92. The van der Waals surface area contributed by atoms with Gasteiger partial charge in [0, 0.05) is 24.0 Å². The lowest BCUT2D eigenvalue weighted by molar-refractivity contribution is 0.170. The van der Waals surface area contributed by atoms with Crippen LogP contribution in [0.4, 0.5) is 0 Å². The predicted molar refractivity (Wildman–Crippen MR) is 91.7 cm³/mol. The van der Waals surface area contributed by atoms with E-state index in [1.54, 1.807) is 6.08 Å². The van der Waals surface area contributed by atoms with Gasteiger partial charge < -0.3 is 10.4 Å². The fourth-order valence-corrected chi connectivity index (χ4v) is 2.94. The molecule has 1 fully saturated rings. The first-order valence-corrected chi connectivity index (χ1v) is 7.95. The molecule has 1 aromatic rings. The number of nitrogens with one attached hydrogen (secondary N) is 1. The molecule has 0 radical (unpaired) electrons. The Hall–Kier alpha value is -1.71. The van der Waals surface area contributed by atoms with Crippen molar-refractivity contribution in [1.82, 2.24) is 10.3 Å². The van der Waals surface area contributed by atoms with Crippen LogP contribution in [0.5, 0.6) is 0 Å². The van der Waals surface area contributed by atoms with Gasteiger partial charge in [0.1, 0.15) is 0 Å². The number of nitrogens with zero attached hydrogens (tertiary/aromatic N) is 1. The highest BCUT2D eigenvalue weighted by molar-refractivity contribution is 5.27. The Labute approximate surface area is 133 Å². The molecule has 0 saturated carbocycles. The molecule has 1 aromatic heterocycles. The summed E-state index contributed by atoms with van der Waals surface area (Å²) in [7, 11) is 0. The van der Waals surface area contributed by atoms with Crippen molar-refractivity contribution >= 4 is 0 Å². The maximum atomic E-state index is 10.5. The number of aromatic nitrogens is 1. The summed E-state index contributed by atoms with van der Waals surface area (Å²) in [6, 6.07) is 4.71. The Morgan fingerprint density at radius 1 is 1.50 bits per heavy atom. The first-order chi connectivity index (χ1) is 10.6. The van der Waals surface area contributed by atoms with Gasteiger partial charge in [0.15, 0.2) is 0 Å². The third-order valence-electron chi connectivity index (χ3n) is 4.21. The number of pyridine rings is 1. The second-order valence-electron chi connectivity index (χ2n) is 5.89. The lowest BCUT2D eigenvalue weighted by atomic mass is 10.00. The van der Waals surface area contributed by atoms with Gasteiger partial charge in [-0.2, -0.15) is 0 Å². The van der Waals surface area contributed by atoms with Crippen molar-refractivity contribution in [3.05, 3.63) is 66.0 Å². The predicted octanol–water partition coefficient (Wildman–Crippen LogP) is 3.10. The SMILES string of the molecule is C=C/C=C\C(=C/C)C(O)C1CCC(Cc2ccc(C)nc2)N1. The number of aryl methyl sites for hydroxylation is 1. The van der Waals surface area contributed by atoms with Crippen LogP contribution in [0, 0.1) is 6.92 Å². The Morgan fingerprint density at radius 3 is 2.95 bits per heavy atom. The molecule has 2 N–H and O–H groups in total. The lowest BCUT2D eigenvalue weighted by Crippen LogP contribution is -2.39. The van der Waals surface area contributed by atoms with Crippen molar-refractivity contribution in [2.45, 2.75) is 51.3 Å². The van der Waals surface area contributed by atoms with Crippen LogP contribution in [-0.4, -0.2) is 28.3 Å². The highest BCUT2D eigenvalue weighted by Crippen LogP contribution is 2.22. The highest BCUT2D eigenvalue weighted by Gasteiger charge is 2.30. The van der Waals surface area contributed by atoms with Crippen LogP contribution in [0.25, 0.3) is 0 Å². The van der Waals surface area contributed by atoms with Gasteiger partial charge in [0.2, 0.25) is 0 Å². The van der Waals surface area contributed by atoms with Crippen molar-refractivity contribution in [3.8, 4) is 0 Å². The van der Waals surface area contributed by atoms with E-state index in [4.69, 9.17) is 0 Å². The molecule has 1 aliphatic rings. The molecule has 22 heavy (non-hydrogen) atoms. The van der Waals surface area contributed by atoms with E-state index in [1.807, 2.05) is 38.3 Å². The average molecular weight is 298 g/mol. The van der Waals surface area contributed by atoms with E-state index in [0.29, 0.717) is 6.04 Å². The van der Waals surface area contributed by atoms with E-state index >= 15 is 0 Å². The van der Waals surface area contributed by atoms with Crippen LogP contribution >= 0.6 is 0 Å². The van der Waals surface area contributed by atoms with Crippen LogP contribution < -0.4 is 5.32 Å². The maximum Gasteiger partial charge on any atom is 0.0939 e. The monoisotopic (exact) mass is 298 g/mol. The van der Waals surface area contributed by atoms with Gasteiger partial charge in [-0.3, -0.25) is 4.98 Å². The second kappa shape index (κ2) is 8.06. The summed E-state index contributed by atoms with van der Waals surface area (Å²) in [6.45, 7) is 7.63. The van der Waals surface area contributed by atoms with Gasteiger partial charge in [0.25, 0.3) is 0 Å². The summed E-state index contributed by atoms with van der Waals surface area (Å²) in [6.07, 6.45) is 12.0. The molecule has 118 valence electrons. The number of hydrogen-bond donors (Lipinski definition) is 2. The van der Waals surface area contributed by atoms with Gasteiger partial charge in [-0.05, 0) is 50.3 Å². The number of aliphatic hydroxyl groups is 1. The molecular formula is C19H26N2O. The van der Waals surface area contributed by atoms with Gasteiger partial charge in [-0.25, -0.2) is 0 Å². The average Bonchev–Trinajstić information content (AvgIpc) is 2.98. The van der Waals surface area contributed by atoms with E-state index in [1.165, 1.54) is 5.56 Å². The zero-order valence-corrected chi connectivity index (χ0v) is 13.5. The minimum Gasteiger partial charge on any atom is -0.387 e. The highest BCUT2D eigenvalue weighted by atomic mass is 16.3. The largest absolute Gasteiger partial charge is 0.387 e. The minimum atomic E-state index is -0.470. The van der Waals surface area contributed by atoms with E-state index in [2.05, 4.69) is 29.0 Å². The van der Waals surface area contributed by atoms with Crippen LogP contribution in [0.2, 0.25) is 0 Å². The zero-order valence-electron chi connectivity index (χ0n) is 13.5. The van der Waals surface area contributed by atoms with E-state index in [0.717, 1.165) is 30.5 Å². The number of aliphatic hydroxyl groups excluding tert-OH is 1. The van der Waals surface area contributed by atoms with Gasteiger partial charge in [-0.1, -0.05) is 36.9 Å². The molecule has 2 heterocycles.